The minimum Gasteiger partial charge on any atom is -0.354 e. The molecule has 0 aliphatic heterocycles. The van der Waals surface area contributed by atoms with Crippen molar-refractivity contribution in [3.63, 3.8) is 0 Å². The Morgan fingerprint density at radius 2 is 1.79 bits per heavy atom. The van der Waals surface area contributed by atoms with Gasteiger partial charge in [0.2, 0.25) is 21.8 Å². The quantitative estimate of drug-likeness (QED) is 0.438. The average Bonchev–Trinajstić information content (AvgIpc) is 2.76. The Hall–Kier alpha value is -2.29. The molecule has 10 heteroatoms. The second kappa shape index (κ2) is 12.4. The molecule has 2 aromatic carbocycles. The maximum Gasteiger partial charge on any atom is 0.244 e. The van der Waals surface area contributed by atoms with Gasteiger partial charge in [-0.2, -0.15) is 0 Å². The van der Waals surface area contributed by atoms with Gasteiger partial charge in [0, 0.05) is 13.1 Å². The van der Waals surface area contributed by atoms with Gasteiger partial charge in [-0.15, -0.1) is 0 Å². The number of aryl methyl sites for hydroxylation is 1. The fraction of sp³-hybridized carbons (Fsp3) is 0.417. The molecule has 1 N–H and O–H groups in total. The highest BCUT2D eigenvalue weighted by Gasteiger charge is 2.30. The highest BCUT2D eigenvalue weighted by atomic mass is 35.5. The van der Waals surface area contributed by atoms with E-state index < -0.39 is 28.5 Å². The van der Waals surface area contributed by atoms with E-state index in [0.29, 0.717) is 6.54 Å². The van der Waals surface area contributed by atoms with Crippen LogP contribution >= 0.6 is 23.2 Å². The number of nitrogens with zero attached hydrogens (tertiary/aromatic N) is 2. The van der Waals surface area contributed by atoms with Crippen LogP contribution in [0.1, 0.15) is 37.8 Å². The number of anilines is 1. The highest BCUT2D eigenvalue weighted by Crippen LogP contribution is 2.28. The Labute approximate surface area is 212 Å². The van der Waals surface area contributed by atoms with Crippen LogP contribution in [0.3, 0.4) is 0 Å². The van der Waals surface area contributed by atoms with Crippen molar-refractivity contribution in [3.8, 4) is 0 Å². The van der Waals surface area contributed by atoms with Gasteiger partial charge in [-0.1, -0.05) is 66.4 Å². The van der Waals surface area contributed by atoms with E-state index in [-0.39, 0.29) is 28.2 Å². The molecule has 0 unspecified atom stereocenters. The molecule has 2 amide bonds. The molecule has 0 heterocycles. The van der Waals surface area contributed by atoms with Crippen LogP contribution in [0.25, 0.3) is 0 Å². The number of halogens is 2. The summed E-state index contributed by atoms with van der Waals surface area (Å²) < 4.78 is 26.1. The molecule has 34 heavy (non-hydrogen) atoms. The first-order valence-corrected chi connectivity index (χ1v) is 13.6. The third-order valence-electron chi connectivity index (χ3n) is 5.30. The van der Waals surface area contributed by atoms with Crippen molar-refractivity contribution >= 4 is 50.7 Å². The van der Waals surface area contributed by atoms with Crippen LogP contribution in [0.5, 0.6) is 0 Å². The lowest BCUT2D eigenvalue weighted by molar-refractivity contribution is -0.139. The number of carbonyl (C=O) groups is 2. The zero-order valence-corrected chi connectivity index (χ0v) is 22.2. The second-order valence-electron chi connectivity index (χ2n) is 8.20. The molecule has 0 aliphatic rings. The Morgan fingerprint density at radius 1 is 1.09 bits per heavy atom. The largest absolute Gasteiger partial charge is 0.354 e. The predicted octanol–water partition coefficient (Wildman–Crippen LogP) is 4.40. The van der Waals surface area contributed by atoms with Crippen molar-refractivity contribution < 1.29 is 18.0 Å². The summed E-state index contributed by atoms with van der Waals surface area (Å²) in [6, 6.07) is 11.1. The van der Waals surface area contributed by atoms with E-state index in [1.807, 2.05) is 38.1 Å². The number of carbonyl (C=O) groups excluding carboxylic acids is 2. The van der Waals surface area contributed by atoms with Gasteiger partial charge in [0.15, 0.2) is 0 Å². The molecule has 2 rings (SSSR count). The normalized spacial score (nSPS) is 12.2. The van der Waals surface area contributed by atoms with Crippen LogP contribution in [0.4, 0.5) is 5.69 Å². The summed E-state index contributed by atoms with van der Waals surface area (Å²) in [5.74, 6) is -0.814. The lowest BCUT2D eigenvalue weighted by atomic mass is 10.1. The lowest BCUT2D eigenvalue weighted by Gasteiger charge is -2.31. The fourth-order valence-electron chi connectivity index (χ4n) is 3.38. The number of hydrogen-bond donors (Lipinski definition) is 1. The van der Waals surface area contributed by atoms with Gasteiger partial charge in [-0.25, -0.2) is 8.42 Å². The molecule has 0 bridgehead atoms. The molecule has 2 aromatic rings. The standard InChI is InChI=1S/C24H31Cl2N3O4S/c1-5-6-12-27-24(31)18(3)28(15-19-9-7-8-17(2)13-19)23(30)16-29(34(4,32)33)20-10-11-21(25)22(26)14-20/h7-11,13-14,18H,5-6,12,15-16H2,1-4H3,(H,27,31)/t18-/m0/s1. The molecule has 0 saturated carbocycles. The molecule has 0 fully saturated rings. The molecule has 1 atom stereocenters. The Bertz CT molecular complexity index is 1120. The molecule has 0 spiro atoms. The number of benzene rings is 2. The number of sulfonamides is 1. The van der Waals surface area contributed by atoms with Crippen LogP contribution in [-0.4, -0.2) is 50.5 Å². The monoisotopic (exact) mass is 527 g/mol. The van der Waals surface area contributed by atoms with Gasteiger partial charge in [0.1, 0.15) is 12.6 Å². The third-order valence-corrected chi connectivity index (χ3v) is 7.18. The number of amides is 2. The highest BCUT2D eigenvalue weighted by molar-refractivity contribution is 7.92. The van der Waals surface area contributed by atoms with E-state index in [1.54, 1.807) is 6.92 Å². The molecule has 0 aliphatic carbocycles. The van der Waals surface area contributed by atoms with Gasteiger partial charge in [0.05, 0.1) is 22.0 Å². The topological polar surface area (TPSA) is 86.8 Å². The third kappa shape index (κ3) is 7.89. The first kappa shape index (κ1) is 28.0. The van der Waals surface area contributed by atoms with E-state index in [0.717, 1.165) is 34.5 Å². The maximum atomic E-state index is 13.5. The zero-order chi connectivity index (χ0) is 25.5. The van der Waals surface area contributed by atoms with Gasteiger partial charge >= 0.3 is 0 Å². The minimum absolute atomic E-state index is 0.155. The van der Waals surface area contributed by atoms with Gasteiger partial charge < -0.3 is 10.2 Å². The molecular formula is C24H31Cl2N3O4S. The molecular weight excluding hydrogens is 497 g/mol. The van der Waals surface area contributed by atoms with Gasteiger partial charge in [0.25, 0.3) is 0 Å². The Morgan fingerprint density at radius 3 is 2.38 bits per heavy atom. The van der Waals surface area contributed by atoms with Crippen LogP contribution in [0.2, 0.25) is 10.0 Å². The lowest BCUT2D eigenvalue weighted by Crippen LogP contribution is -2.51. The Balaban J connectivity index is 2.37. The van der Waals surface area contributed by atoms with Crippen LogP contribution in [0, 0.1) is 6.92 Å². The van der Waals surface area contributed by atoms with Crippen molar-refractivity contribution in [2.24, 2.45) is 0 Å². The number of rotatable bonds is 11. The second-order valence-corrected chi connectivity index (χ2v) is 10.9. The first-order valence-electron chi connectivity index (χ1n) is 11.0. The summed E-state index contributed by atoms with van der Waals surface area (Å²) in [6.07, 6.45) is 2.76. The van der Waals surface area contributed by atoms with E-state index >= 15 is 0 Å². The SMILES string of the molecule is CCCCNC(=O)[C@H](C)N(Cc1cccc(C)c1)C(=O)CN(c1ccc(Cl)c(Cl)c1)S(C)(=O)=O. The first-order chi connectivity index (χ1) is 15.9. The smallest absolute Gasteiger partial charge is 0.244 e. The van der Waals surface area contributed by atoms with Crippen LogP contribution < -0.4 is 9.62 Å². The van der Waals surface area contributed by atoms with E-state index in [2.05, 4.69) is 5.32 Å². The van der Waals surface area contributed by atoms with Crippen molar-refractivity contribution in [2.45, 2.75) is 46.2 Å². The van der Waals surface area contributed by atoms with E-state index in [4.69, 9.17) is 23.2 Å². The molecule has 0 saturated heterocycles. The Kier molecular flexibility index (Phi) is 10.2. The summed E-state index contributed by atoms with van der Waals surface area (Å²) in [5, 5.41) is 3.28. The minimum atomic E-state index is -3.84. The van der Waals surface area contributed by atoms with Gasteiger partial charge in [-0.3, -0.25) is 13.9 Å². The molecule has 7 nitrogen and oxygen atoms in total. The molecule has 0 aromatic heterocycles. The van der Waals surface area contributed by atoms with Crippen molar-refractivity contribution in [1.29, 1.82) is 0 Å². The molecule has 186 valence electrons. The summed E-state index contributed by atoms with van der Waals surface area (Å²) in [4.78, 5) is 27.7. The summed E-state index contributed by atoms with van der Waals surface area (Å²) in [5.41, 5.74) is 2.06. The number of unbranched alkanes of at least 4 members (excludes halogenated alkanes) is 1. The molecule has 0 radical (unpaired) electrons. The van der Waals surface area contributed by atoms with Gasteiger partial charge in [-0.05, 0) is 44.0 Å². The van der Waals surface area contributed by atoms with Crippen molar-refractivity contribution in [1.82, 2.24) is 10.2 Å². The van der Waals surface area contributed by atoms with Crippen LogP contribution in [0.15, 0.2) is 42.5 Å². The summed E-state index contributed by atoms with van der Waals surface area (Å²) >= 11 is 12.0. The summed E-state index contributed by atoms with van der Waals surface area (Å²) in [6.45, 7) is 5.76. The predicted molar refractivity (Wildman–Crippen MR) is 138 cm³/mol. The summed E-state index contributed by atoms with van der Waals surface area (Å²) in [7, 11) is -3.84. The maximum absolute atomic E-state index is 13.5. The van der Waals surface area contributed by atoms with Crippen molar-refractivity contribution in [3.05, 3.63) is 63.6 Å². The van der Waals surface area contributed by atoms with E-state index in [1.165, 1.54) is 23.1 Å². The number of hydrogen-bond acceptors (Lipinski definition) is 4. The fourth-order valence-corrected chi connectivity index (χ4v) is 4.51. The zero-order valence-electron chi connectivity index (χ0n) is 19.8. The van der Waals surface area contributed by atoms with Crippen LogP contribution in [-0.2, 0) is 26.2 Å². The van der Waals surface area contributed by atoms with E-state index in [9.17, 15) is 18.0 Å². The average molecular weight is 529 g/mol. The van der Waals surface area contributed by atoms with Crippen molar-refractivity contribution in [2.75, 3.05) is 23.7 Å². The number of nitrogens with one attached hydrogen (secondary N) is 1.